The van der Waals surface area contributed by atoms with Crippen molar-refractivity contribution in [2.45, 2.75) is 13.3 Å². The van der Waals surface area contributed by atoms with Gasteiger partial charge in [0, 0.05) is 41.6 Å². The van der Waals surface area contributed by atoms with Crippen LogP contribution in [0.15, 0.2) is 67.6 Å². The maximum atomic E-state index is 4.11. The lowest BCUT2D eigenvalue weighted by molar-refractivity contribution is 1.02. The Labute approximate surface area is 154 Å². The van der Waals surface area contributed by atoms with Crippen molar-refractivity contribution in [3.05, 3.63) is 84.5 Å². The van der Waals surface area contributed by atoms with Gasteiger partial charge >= 0.3 is 0 Å². The molecule has 0 amide bonds. The first kappa shape index (κ1) is 17.5. The van der Waals surface area contributed by atoms with Gasteiger partial charge in [-0.05, 0) is 61.4 Å². The van der Waals surface area contributed by atoms with Gasteiger partial charge in [0.1, 0.15) is 0 Å². The van der Waals surface area contributed by atoms with E-state index in [1.165, 1.54) is 11.1 Å². The number of hydrogen-bond acceptors (Lipinski definition) is 3. The van der Waals surface area contributed by atoms with Crippen molar-refractivity contribution in [2.24, 2.45) is 0 Å². The van der Waals surface area contributed by atoms with Crippen LogP contribution in [-0.4, -0.2) is 16.5 Å². The van der Waals surface area contributed by atoms with Crippen molar-refractivity contribution in [2.75, 3.05) is 17.2 Å². The summed E-state index contributed by atoms with van der Waals surface area (Å²) in [4.78, 5) is 7.41. The average molecular weight is 344 g/mol. The number of anilines is 3. The number of aromatic amines is 1. The van der Waals surface area contributed by atoms with Crippen molar-refractivity contribution in [3.63, 3.8) is 0 Å². The predicted molar refractivity (Wildman–Crippen MR) is 112 cm³/mol. The van der Waals surface area contributed by atoms with Gasteiger partial charge in [-0.25, -0.2) is 0 Å². The van der Waals surface area contributed by atoms with Crippen molar-refractivity contribution in [1.29, 1.82) is 0 Å². The summed E-state index contributed by atoms with van der Waals surface area (Å²) >= 11 is 0. The first-order valence-electron chi connectivity index (χ1n) is 8.76. The number of hydrogen-bond donors (Lipinski definition) is 3. The normalized spacial score (nSPS) is 10.8. The minimum atomic E-state index is 0.864. The van der Waals surface area contributed by atoms with Crippen molar-refractivity contribution in [1.82, 2.24) is 9.97 Å². The molecule has 0 radical (unpaired) electrons. The molecule has 0 aliphatic carbocycles. The Morgan fingerprint density at radius 3 is 2.62 bits per heavy atom. The minimum absolute atomic E-state index is 0.864. The summed E-state index contributed by atoms with van der Waals surface area (Å²) in [5.41, 5.74) is 6.69. The van der Waals surface area contributed by atoms with Crippen LogP contribution in [0.1, 0.15) is 23.7 Å². The van der Waals surface area contributed by atoms with Gasteiger partial charge in [0.25, 0.3) is 0 Å². The van der Waals surface area contributed by atoms with E-state index in [0.717, 1.165) is 35.7 Å². The number of aromatic nitrogens is 2. The predicted octanol–water partition coefficient (Wildman–Crippen LogP) is 5.48. The van der Waals surface area contributed by atoms with Crippen LogP contribution in [0.3, 0.4) is 0 Å². The molecule has 3 N–H and O–H groups in total. The highest BCUT2D eigenvalue weighted by molar-refractivity contribution is 5.65. The largest absolute Gasteiger partial charge is 0.385 e. The van der Waals surface area contributed by atoms with Crippen LogP contribution >= 0.6 is 0 Å². The monoisotopic (exact) mass is 344 g/mol. The zero-order chi connectivity index (χ0) is 18.2. The van der Waals surface area contributed by atoms with E-state index < -0.39 is 0 Å². The zero-order valence-corrected chi connectivity index (χ0v) is 15.0. The van der Waals surface area contributed by atoms with Crippen LogP contribution < -0.4 is 10.6 Å². The molecule has 0 saturated carbocycles. The van der Waals surface area contributed by atoms with Gasteiger partial charge < -0.3 is 15.6 Å². The SMILES string of the molecule is C=Cc1c(CCNc2ccc(Nc3cccnc3)cc2)c[nH]c1/C=C\C. The summed E-state index contributed by atoms with van der Waals surface area (Å²) in [5.74, 6) is 0. The molecule has 26 heavy (non-hydrogen) atoms. The zero-order valence-electron chi connectivity index (χ0n) is 15.0. The van der Waals surface area contributed by atoms with Crippen molar-refractivity contribution >= 4 is 29.2 Å². The van der Waals surface area contributed by atoms with Gasteiger partial charge in [-0.1, -0.05) is 18.7 Å². The fourth-order valence-corrected chi connectivity index (χ4v) is 2.86. The standard InChI is InChI=1S/C22H24N4/c1-3-6-22-21(4-2)17(15-25-22)12-14-24-18-8-10-19(11-9-18)26-20-7-5-13-23-16-20/h3-11,13,15-16,24-26H,2,12,14H2,1H3/b6-3-. The molecule has 0 bridgehead atoms. The third kappa shape index (κ3) is 4.42. The fraction of sp³-hybridized carbons (Fsp3) is 0.136. The molecule has 0 spiro atoms. The number of nitrogens with one attached hydrogen (secondary N) is 3. The van der Waals surface area contributed by atoms with Crippen LogP contribution in [0.2, 0.25) is 0 Å². The Bertz CT molecular complexity index is 861. The molecule has 0 aliphatic heterocycles. The Morgan fingerprint density at radius 2 is 1.92 bits per heavy atom. The molecule has 4 nitrogen and oxygen atoms in total. The van der Waals surface area contributed by atoms with Crippen LogP contribution in [-0.2, 0) is 6.42 Å². The Hall–Kier alpha value is -3.27. The van der Waals surface area contributed by atoms with Crippen molar-refractivity contribution in [3.8, 4) is 0 Å². The third-order valence-corrected chi connectivity index (χ3v) is 4.13. The number of pyridine rings is 1. The third-order valence-electron chi connectivity index (χ3n) is 4.13. The molecule has 0 aliphatic rings. The lowest BCUT2D eigenvalue weighted by Gasteiger charge is -2.09. The summed E-state index contributed by atoms with van der Waals surface area (Å²) in [6.45, 7) is 6.81. The van der Waals surface area contributed by atoms with E-state index in [0.29, 0.717) is 0 Å². The molecule has 0 atom stereocenters. The molecule has 0 unspecified atom stereocenters. The average Bonchev–Trinajstić information content (AvgIpc) is 3.06. The molecule has 2 heterocycles. The second kappa shape index (κ2) is 8.72. The van der Waals surface area contributed by atoms with E-state index >= 15 is 0 Å². The highest BCUT2D eigenvalue weighted by Gasteiger charge is 2.05. The van der Waals surface area contributed by atoms with Crippen LogP contribution in [0.5, 0.6) is 0 Å². The second-order valence-electron chi connectivity index (χ2n) is 5.97. The maximum absolute atomic E-state index is 4.11. The topological polar surface area (TPSA) is 52.7 Å². The van der Waals surface area contributed by atoms with Gasteiger partial charge in [-0.2, -0.15) is 0 Å². The Balaban J connectivity index is 1.55. The quantitative estimate of drug-likeness (QED) is 0.507. The summed E-state index contributed by atoms with van der Waals surface area (Å²) < 4.78 is 0. The molecule has 2 aromatic heterocycles. The summed E-state index contributed by atoms with van der Waals surface area (Å²) in [5, 5.41) is 6.80. The van der Waals surface area contributed by atoms with Gasteiger partial charge in [0.2, 0.25) is 0 Å². The molecule has 132 valence electrons. The second-order valence-corrected chi connectivity index (χ2v) is 5.97. The summed E-state index contributed by atoms with van der Waals surface area (Å²) in [7, 11) is 0. The number of nitrogens with zero attached hydrogens (tertiary/aromatic N) is 1. The van der Waals surface area contributed by atoms with Crippen LogP contribution in [0, 0.1) is 0 Å². The van der Waals surface area contributed by atoms with E-state index in [4.69, 9.17) is 0 Å². The molecule has 3 aromatic rings. The Kier molecular flexibility index (Phi) is 5.88. The van der Waals surface area contributed by atoms with Gasteiger partial charge in [0.05, 0.1) is 11.9 Å². The highest BCUT2D eigenvalue weighted by Crippen LogP contribution is 2.20. The molecule has 3 rings (SSSR count). The molecular weight excluding hydrogens is 320 g/mol. The molecule has 0 fully saturated rings. The number of H-pyrrole nitrogens is 1. The lowest BCUT2D eigenvalue weighted by Crippen LogP contribution is -2.05. The van der Waals surface area contributed by atoms with E-state index in [2.05, 4.69) is 63.7 Å². The summed E-state index contributed by atoms with van der Waals surface area (Å²) in [6.07, 6.45) is 12.6. The van der Waals surface area contributed by atoms with Crippen molar-refractivity contribution < 1.29 is 0 Å². The van der Waals surface area contributed by atoms with Gasteiger partial charge in [-0.3, -0.25) is 4.98 Å². The van der Waals surface area contributed by atoms with E-state index in [1.54, 1.807) is 6.20 Å². The first-order valence-corrected chi connectivity index (χ1v) is 8.76. The van der Waals surface area contributed by atoms with Gasteiger partial charge in [0.15, 0.2) is 0 Å². The smallest absolute Gasteiger partial charge is 0.0570 e. The molecule has 4 heteroatoms. The summed E-state index contributed by atoms with van der Waals surface area (Å²) in [6, 6.07) is 12.2. The highest BCUT2D eigenvalue weighted by atomic mass is 14.9. The number of allylic oxidation sites excluding steroid dienone is 1. The lowest BCUT2D eigenvalue weighted by atomic mass is 10.1. The minimum Gasteiger partial charge on any atom is -0.385 e. The van der Waals surface area contributed by atoms with E-state index in [1.807, 2.05) is 37.4 Å². The number of rotatable bonds is 8. The Morgan fingerprint density at radius 1 is 1.12 bits per heavy atom. The maximum Gasteiger partial charge on any atom is 0.0570 e. The van der Waals surface area contributed by atoms with Crippen LogP contribution in [0.25, 0.3) is 12.2 Å². The number of benzene rings is 1. The molecular formula is C22H24N4. The molecule has 1 aromatic carbocycles. The van der Waals surface area contributed by atoms with E-state index in [-0.39, 0.29) is 0 Å². The van der Waals surface area contributed by atoms with Crippen LogP contribution in [0.4, 0.5) is 17.1 Å². The first-order chi connectivity index (χ1) is 12.8. The molecule has 0 saturated heterocycles. The van der Waals surface area contributed by atoms with Gasteiger partial charge in [-0.15, -0.1) is 0 Å². The fourth-order valence-electron chi connectivity index (χ4n) is 2.86. The van der Waals surface area contributed by atoms with E-state index in [9.17, 15) is 0 Å².